The van der Waals surface area contributed by atoms with Gasteiger partial charge in [0, 0.05) is 23.4 Å². The molecule has 7 heteroatoms. The Morgan fingerprint density at radius 3 is 2.33 bits per heavy atom. The monoisotopic (exact) mass is 359 g/mol. The quantitative estimate of drug-likeness (QED) is 0.697. The molecule has 2 aromatic rings. The molecular weight excluding hydrogens is 347 g/mol. The van der Waals surface area contributed by atoms with E-state index in [-0.39, 0.29) is 16.7 Å². The molecule has 0 aliphatic carbocycles. The largest absolute Gasteiger partial charge is 0.417 e. The normalized spacial score (nSPS) is 12.5. The molecule has 2 heterocycles. The summed E-state index contributed by atoms with van der Waals surface area (Å²) in [4.78, 5) is 12.3. The maximum Gasteiger partial charge on any atom is 0.417 e. The van der Waals surface area contributed by atoms with Gasteiger partial charge in [0.1, 0.15) is 10.4 Å². The Balaban J connectivity index is 2.66. The molecule has 0 amide bonds. The summed E-state index contributed by atoms with van der Waals surface area (Å²) in [5, 5.41) is 0. The molecule has 0 bridgehead atoms. The zero-order valence-corrected chi connectivity index (χ0v) is 13.2. The van der Waals surface area contributed by atoms with Crippen LogP contribution in [0.1, 0.15) is 32.2 Å². The summed E-state index contributed by atoms with van der Waals surface area (Å²) in [6.07, 6.45) is -2.17. The van der Waals surface area contributed by atoms with Crippen LogP contribution in [0.2, 0.25) is 0 Å². The summed E-state index contributed by atoms with van der Waals surface area (Å²) in [7, 11) is 0. The first-order valence-corrected chi connectivity index (χ1v) is 6.95. The zero-order chi connectivity index (χ0) is 15.8. The number of rotatable bonds is 1. The van der Waals surface area contributed by atoms with E-state index in [2.05, 4.69) is 30.9 Å². The van der Waals surface area contributed by atoms with Crippen molar-refractivity contribution in [3.8, 4) is 11.3 Å². The minimum absolute atomic E-state index is 0.0569. The summed E-state index contributed by atoms with van der Waals surface area (Å²) < 4.78 is 39.7. The second-order valence-electron chi connectivity index (χ2n) is 5.57. The molecular formula is C14H13BrF3N3. The Morgan fingerprint density at radius 1 is 1.10 bits per heavy atom. The number of hydrogen-bond acceptors (Lipinski definition) is 3. The average molecular weight is 360 g/mol. The van der Waals surface area contributed by atoms with Gasteiger partial charge >= 0.3 is 6.18 Å². The third-order valence-electron chi connectivity index (χ3n) is 2.77. The van der Waals surface area contributed by atoms with E-state index in [9.17, 15) is 13.2 Å². The second kappa shape index (κ2) is 5.36. The molecule has 3 nitrogen and oxygen atoms in total. The Morgan fingerprint density at radius 2 is 1.76 bits per heavy atom. The molecule has 0 atom stereocenters. The third-order valence-corrected chi connectivity index (χ3v) is 3.17. The zero-order valence-electron chi connectivity index (χ0n) is 11.7. The highest BCUT2D eigenvalue weighted by Gasteiger charge is 2.34. The minimum atomic E-state index is -4.46. The van der Waals surface area contributed by atoms with Gasteiger partial charge in [0.2, 0.25) is 0 Å². The van der Waals surface area contributed by atoms with Gasteiger partial charge in [0.25, 0.3) is 0 Å². The number of aromatic nitrogens is 3. The Hall–Kier alpha value is -1.50. The van der Waals surface area contributed by atoms with Crippen molar-refractivity contribution in [1.82, 2.24) is 15.0 Å². The van der Waals surface area contributed by atoms with Crippen LogP contribution in [0.25, 0.3) is 11.3 Å². The van der Waals surface area contributed by atoms with Crippen LogP contribution in [0.5, 0.6) is 0 Å². The minimum Gasteiger partial charge on any atom is -0.264 e. The van der Waals surface area contributed by atoms with Crippen molar-refractivity contribution in [1.29, 1.82) is 0 Å². The lowest BCUT2D eigenvalue weighted by Crippen LogP contribution is -2.17. The van der Waals surface area contributed by atoms with Gasteiger partial charge in [0.15, 0.2) is 0 Å². The van der Waals surface area contributed by atoms with E-state index in [1.165, 1.54) is 12.3 Å². The van der Waals surface area contributed by atoms with Crippen LogP contribution in [-0.4, -0.2) is 15.0 Å². The molecule has 112 valence electrons. The maximum atomic E-state index is 13.1. The number of halogens is 4. The van der Waals surface area contributed by atoms with Gasteiger partial charge in [0.05, 0.1) is 11.3 Å². The first-order valence-electron chi connectivity index (χ1n) is 6.15. The molecule has 0 aliphatic heterocycles. The average Bonchev–Trinajstić information content (AvgIpc) is 2.36. The van der Waals surface area contributed by atoms with Gasteiger partial charge in [-0.25, -0.2) is 9.97 Å². The van der Waals surface area contributed by atoms with Crippen LogP contribution in [-0.2, 0) is 11.6 Å². The molecule has 0 aliphatic rings. The number of pyridine rings is 1. The highest BCUT2D eigenvalue weighted by atomic mass is 79.9. The number of alkyl halides is 3. The predicted molar refractivity (Wildman–Crippen MR) is 76.7 cm³/mol. The molecule has 0 unspecified atom stereocenters. The van der Waals surface area contributed by atoms with E-state index in [1.54, 1.807) is 0 Å². The molecule has 0 radical (unpaired) electrons. The number of nitrogens with zero attached hydrogens (tertiary/aromatic N) is 3. The lowest BCUT2D eigenvalue weighted by molar-refractivity contribution is -0.137. The summed E-state index contributed by atoms with van der Waals surface area (Å²) >= 11 is 3.23. The van der Waals surface area contributed by atoms with Gasteiger partial charge in [-0.05, 0) is 28.1 Å². The number of hydrogen-bond donors (Lipinski definition) is 0. The molecule has 2 rings (SSSR count). The van der Waals surface area contributed by atoms with Gasteiger partial charge in [-0.1, -0.05) is 20.8 Å². The van der Waals surface area contributed by atoms with E-state index in [0.29, 0.717) is 10.4 Å². The maximum absolute atomic E-state index is 13.1. The molecule has 0 saturated heterocycles. The summed E-state index contributed by atoms with van der Waals surface area (Å²) in [6, 6.07) is 2.41. The third kappa shape index (κ3) is 3.58. The van der Waals surface area contributed by atoms with E-state index >= 15 is 0 Å². The first-order chi connectivity index (χ1) is 9.59. The van der Waals surface area contributed by atoms with Crippen molar-refractivity contribution in [2.45, 2.75) is 32.4 Å². The molecule has 0 N–H and O–H groups in total. The van der Waals surface area contributed by atoms with Crippen molar-refractivity contribution >= 4 is 15.9 Å². The molecule has 0 spiro atoms. The topological polar surface area (TPSA) is 38.7 Å². The van der Waals surface area contributed by atoms with Gasteiger partial charge in [-0.3, -0.25) is 4.98 Å². The van der Waals surface area contributed by atoms with Crippen molar-refractivity contribution in [3.05, 3.63) is 40.5 Å². The van der Waals surface area contributed by atoms with E-state index in [1.807, 2.05) is 20.8 Å². The highest BCUT2D eigenvalue weighted by Crippen LogP contribution is 2.36. The van der Waals surface area contributed by atoms with Crippen molar-refractivity contribution < 1.29 is 13.2 Å². The molecule has 21 heavy (non-hydrogen) atoms. The highest BCUT2D eigenvalue weighted by molar-refractivity contribution is 9.10. The van der Waals surface area contributed by atoms with E-state index in [4.69, 9.17) is 0 Å². The van der Waals surface area contributed by atoms with Crippen molar-refractivity contribution in [2.24, 2.45) is 0 Å². The summed E-state index contributed by atoms with van der Waals surface area (Å²) in [5.41, 5.74) is -0.997. The van der Waals surface area contributed by atoms with E-state index in [0.717, 1.165) is 12.3 Å². The van der Waals surface area contributed by atoms with Gasteiger partial charge in [-0.15, -0.1) is 0 Å². The Bertz CT molecular complexity index is 663. The predicted octanol–water partition coefficient (Wildman–Crippen LogP) is 4.62. The molecule has 2 aromatic heterocycles. The summed E-state index contributed by atoms with van der Waals surface area (Å²) in [6.45, 7) is 5.69. The van der Waals surface area contributed by atoms with Gasteiger partial charge < -0.3 is 0 Å². The van der Waals surface area contributed by atoms with Crippen LogP contribution >= 0.6 is 15.9 Å². The Kier molecular flexibility index (Phi) is 4.06. The van der Waals surface area contributed by atoms with Gasteiger partial charge in [-0.2, -0.15) is 13.2 Å². The summed E-state index contributed by atoms with van der Waals surface area (Å²) in [5.74, 6) is 0.462. The first kappa shape index (κ1) is 15.9. The van der Waals surface area contributed by atoms with Crippen molar-refractivity contribution in [3.63, 3.8) is 0 Å². The lowest BCUT2D eigenvalue weighted by Gasteiger charge is -2.18. The fraction of sp³-hybridized carbons (Fsp3) is 0.357. The Labute approximate surface area is 128 Å². The van der Waals surface area contributed by atoms with Crippen LogP contribution in [0.15, 0.2) is 29.1 Å². The van der Waals surface area contributed by atoms with Crippen LogP contribution < -0.4 is 0 Å². The fourth-order valence-electron chi connectivity index (χ4n) is 1.74. The second-order valence-corrected chi connectivity index (χ2v) is 6.38. The molecule has 0 aromatic carbocycles. The van der Waals surface area contributed by atoms with Crippen LogP contribution in [0, 0.1) is 0 Å². The standard InChI is InChI=1S/C14H13BrF3N3/c1-13(2,3)12-20-10(6-11(15)21-12)8-7-19-5-4-9(8)14(16,17)18/h4-7H,1-3H3. The molecule has 0 fully saturated rings. The van der Waals surface area contributed by atoms with E-state index < -0.39 is 11.7 Å². The van der Waals surface area contributed by atoms with Crippen molar-refractivity contribution in [2.75, 3.05) is 0 Å². The smallest absolute Gasteiger partial charge is 0.264 e. The fourth-order valence-corrected chi connectivity index (χ4v) is 2.12. The SMILES string of the molecule is CC(C)(C)c1nc(Br)cc(-c2cnccc2C(F)(F)F)n1. The lowest BCUT2D eigenvalue weighted by atomic mass is 9.95. The molecule has 0 saturated carbocycles. The van der Waals surface area contributed by atoms with Crippen LogP contribution in [0.3, 0.4) is 0 Å². The van der Waals surface area contributed by atoms with Crippen LogP contribution in [0.4, 0.5) is 13.2 Å².